The van der Waals surface area contributed by atoms with Gasteiger partial charge < -0.3 is 13.4 Å². The maximum atomic E-state index is 6.62. The number of nitrogens with zero attached hydrogens (tertiary/aromatic N) is 1. The summed E-state index contributed by atoms with van der Waals surface area (Å²) in [7, 11) is 0. The van der Waals surface area contributed by atoms with Crippen LogP contribution in [0.3, 0.4) is 0 Å². The van der Waals surface area contributed by atoms with E-state index in [0.29, 0.717) is 0 Å². The minimum absolute atomic E-state index is 0.770. The summed E-state index contributed by atoms with van der Waals surface area (Å²) in [5.74, 6) is 0. The van der Waals surface area contributed by atoms with Crippen molar-refractivity contribution in [1.29, 1.82) is 0 Å². The summed E-state index contributed by atoms with van der Waals surface area (Å²) in [5.41, 5.74) is 6.40. The Kier molecular flexibility index (Phi) is 3.14. The van der Waals surface area contributed by atoms with E-state index < -0.39 is 0 Å². The van der Waals surface area contributed by atoms with Crippen LogP contribution in [0.25, 0.3) is 71.4 Å². The van der Waals surface area contributed by atoms with Crippen molar-refractivity contribution in [1.82, 2.24) is 4.57 Å². The quantitative estimate of drug-likeness (QED) is 0.265. The molecule has 0 amide bonds. The monoisotopic (exact) mass is 423 g/mol. The molecule has 0 aliphatic carbocycles. The molecule has 0 saturated carbocycles. The first-order valence-electron chi connectivity index (χ1n) is 11.1. The third-order valence-corrected chi connectivity index (χ3v) is 6.77. The number of rotatable bonds is 1. The molecular weight excluding hydrogens is 406 g/mol. The molecular formula is C30H17NO2. The maximum Gasteiger partial charge on any atom is 0.196 e. The van der Waals surface area contributed by atoms with Gasteiger partial charge in [0.25, 0.3) is 0 Å². The second-order valence-electron chi connectivity index (χ2n) is 8.55. The molecule has 154 valence electrons. The molecule has 0 N–H and O–H groups in total. The van der Waals surface area contributed by atoms with Crippen molar-refractivity contribution in [3.05, 3.63) is 103 Å². The number of benzene rings is 5. The van der Waals surface area contributed by atoms with Crippen molar-refractivity contribution in [2.24, 2.45) is 0 Å². The van der Waals surface area contributed by atoms with Gasteiger partial charge >= 0.3 is 0 Å². The first-order valence-corrected chi connectivity index (χ1v) is 11.1. The normalized spacial score (nSPS) is 12.2. The van der Waals surface area contributed by atoms with Crippen LogP contribution >= 0.6 is 0 Å². The van der Waals surface area contributed by atoms with Crippen molar-refractivity contribution < 1.29 is 8.83 Å². The lowest BCUT2D eigenvalue weighted by atomic mass is 10.0. The number of aromatic nitrogens is 1. The zero-order chi connectivity index (χ0) is 21.5. The third kappa shape index (κ3) is 2.14. The van der Waals surface area contributed by atoms with E-state index in [0.717, 1.165) is 60.6 Å². The Labute approximate surface area is 188 Å². The standard InChI is InChI=1S/C30H17NO2/c1-2-12-20(13-3-1)31-27-21-14-4-8-18-10-6-16-23(25(18)21)32-29(27)30-28(31)22-15-5-9-19-11-7-17-24(33-30)26(19)22/h1-17H. The Bertz CT molecular complexity index is 1880. The van der Waals surface area contributed by atoms with Crippen LogP contribution in [0.1, 0.15) is 0 Å². The summed E-state index contributed by atoms with van der Waals surface area (Å²) in [6.45, 7) is 0. The van der Waals surface area contributed by atoms with Crippen molar-refractivity contribution in [2.75, 3.05) is 0 Å². The first kappa shape index (κ1) is 17.1. The first-order chi connectivity index (χ1) is 16.4. The fourth-order valence-corrected chi connectivity index (χ4v) is 5.44. The van der Waals surface area contributed by atoms with Crippen LogP contribution in [-0.2, 0) is 0 Å². The highest BCUT2D eigenvalue weighted by Crippen LogP contribution is 2.44. The average Bonchev–Trinajstić information content (AvgIpc) is 3.20. The molecule has 8 aromatic rings. The highest BCUT2D eigenvalue weighted by atomic mass is 16.4. The minimum atomic E-state index is 0.770. The summed E-state index contributed by atoms with van der Waals surface area (Å²) in [4.78, 5) is 0. The molecule has 0 aliphatic heterocycles. The molecule has 0 saturated heterocycles. The van der Waals surface area contributed by atoms with Crippen LogP contribution in [-0.4, -0.2) is 4.57 Å². The molecule has 8 rings (SSSR count). The summed E-state index contributed by atoms with van der Waals surface area (Å²) >= 11 is 0. The van der Waals surface area contributed by atoms with Crippen molar-refractivity contribution in [3.8, 4) is 5.69 Å². The van der Waals surface area contributed by atoms with E-state index in [1.165, 1.54) is 10.8 Å². The molecule has 3 nitrogen and oxygen atoms in total. The van der Waals surface area contributed by atoms with Gasteiger partial charge in [-0.3, -0.25) is 0 Å². The summed E-state index contributed by atoms with van der Waals surface area (Å²) in [6, 6.07) is 35.8. The second kappa shape index (κ2) is 6.05. The van der Waals surface area contributed by atoms with Gasteiger partial charge in [-0.15, -0.1) is 0 Å². The maximum absolute atomic E-state index is 6.62. The SMILES string of the molecule is c1ccc(-n2c3c4cccc5cccc(oc3c3oc6cccc7cccc(c76)c32)c54)cc1. The summed E-state index contributed by atoms with van der Waals surface area (Å²) in [6.07, 6.45) is 0. The Morgan fingerprint density at radius 2 is 0.939 bits per heavy atom. The Morgan fingerprint density at radius 3 is 1.45 bits per heavy atom. The van der Waals surface area contributed by atoms with E-state index in [-0.39, 0.29) is 0 Å². The molecule has 0 unspecified atom stereocenters. The molecule has 3 heteroatoms. The van der Waals surface area contributed by atoms with Gasteiger partial charge in [0.2, 0.25) is 0 Å². The van der Waals surface area contributed by atoms with Crippen LogP contribution in [0, 0.1) is 0 Å². The Balaban J connectivity index is 1.76. The highest BCUT2D eigenvalue weighted by Gasteiger charge is 2.23. The predicted molar refractivity (Wildman–Crippen MR) is 135 cm³/mol. The highest BCUT2D eigenvalue weighted by molar-refractivity contribution is 6.26. The molecule has 5 aromatic carbocycles. The second-order valence-corrected chi connectivity index (χ2v) is 8.55. The lowest BCUT2D eigenvalue weighted by Crippen LogP contribution is -1.95. The molecule has 0 aliphatic rings. The largest absolute Gasteiger partial charge is 0.450 e. The van der Waals surface area contributed by atoms with Gasteiger partial charge in [0, 0.05) is 27.2 Å². The molecule has 0 atom stereocenters. The molecule has 0 fully saturated rings. The van der Waals surface area contributed by atoms with Crippen LogP contribution in [0.2, 0.25) is 0 Å². The summed E-state index contributed by atoms with van der Waals surface area (Å²) < 4.78 is 15.5. The lowest BCUT2D eigenvalue weighted by Gasteiger charge is -2.12. The van der Waals surface area contributed by atoms with E-state index in [1.807, 2.05) is 30.3 Å². The molecule has 0 bridgehead atoms. The van der Waals surface area contributed by atoms with Gasteiger partial charge in [0.1, 0.15) is 22.2 Å². The van der Waals surface area contributed by atoms with Gasteiger partial charge in [-0.2, -0.15) is 0 Å². The van der Waals surface area contributed by atoms with E-state index >= 15 is 0 Å². The molecule has 0 radical (unpaired) electrons. The third-order valence-electron chi connectivity index (χ3n) is 6.77. The van der Waals surface area contributed by atoms with Crippen LogP contribution in [0.5, 0.6) is 0 Å². The average molecular weight is 423 g/mol. The number of hydrogen-bond acceptors (Lipinski definition) is 2. The number of para-hydroxylation sites is 1. The van der Waals surface area contributed by atoms with Gasteiger partial charge in [-0.05, 0) is 35.0 Å². The number of fused-ring (bicyclic) bond motifs is 5. The van der Waals surface area contributed by atoms with Gasteiger partial charge in [0.05, 0.1) is 0 Å². The van der Waals surface area contributed by atoms with Crippen LogP contribution < -0.4 is 0 Å². The lowest BCUT2D eigenvalue weighted by molar-refractivity contribution is 0.627. The van der Waals surface area contributed by atoms with E-state index in [1.54, 1.807) is 0 Å². The zero-order valence-electron chi connectivity index (χ0n) is 17.6. The van der Waals surface area contributed by atoms with Gasteiger partial charge in [-0.1, -0.05) is 78.9 Å². The molecule has 3 heterocycles. The Morgan fingerprint density at radius 1 is 0.455 bits per heavy atom. The predicted octanol–water partition coefficient (Wildman–Crippen LogP) is 8.58. The van der Waals surface area contributed by atoms with Crippen molar-refractivity contribution in [2.45, 2.75) is 0 Å². The van der Waals surface area contributed by atoms with Gasteiger partial charge in [-0.25, -0.2) is 0 Å². The Hall–Kier alpha value is -4.50. The van der Waals surface area contributed by atoms with Crippen molar-refractivity contribution in [3.63, 3.8) is 0 Å². The molecule has 0 spiro atoms. The topological polar surface area (TPSA) is 31.2 Å². The molecule has 3 aromatic heterocycles. The van der Waals surface area contributed by atoms with E-state index in [2.05, 4.69) is 77.4 Å². The fraction of sp³-hybridized carbons (Fsp3) is 0. The zero-order valence-corrected chi connectivity index (χ0v) is 17.6. The molecule has 33 heavy (non-hydrogen) atoms. The van der Waals surface area contributed by atoms with E-state index in [4.69, 9.17) is 8.83 Å². The number of hydrogen-bond donors (Lipinski definition) is 0. The minimum Gasteiger partial charge on any atom is -0.450 e. The summed E-state index contributed by atoms with van der Waals surface area (Å²) in [5, 5.41) is 6.91. The van der Waals surface area contributed by atoms with Crippen LogP contribution in [0.15, 0.2) is 112 Å². The van der Waals surface area contributed by atoms with Gasteiger partial charge in [0.15, 0.2) is 11.2 Å². The van der Waals surface area contributed by atoms with Crippen molar-refractivity contribution >= 4 is 65.7 Å². The van der Waals surface area contributed by atoms with E-state index in [9.17, 15) is 0 Å². The smallest absolute Gasteiger partial charge is 0.196 e. The fourth-order valence-electron chi connectivity index (χ4n) is 5.44. The van der Waals surface area contributed by atoms with Crippen LogP contribution in [0.4, 0.5) is 0 Å².